The predicted molar refractivity (Wildman–Crippen MR) is 74.4 cm³/mol. The number of hydrogen-bond donors (Lipinski definition) is 1. The van der Waals surface area contributed by atoms with Crippen LogP contribution in [-0.2, 0) is 4.79 Å². The maximum Gasteiger partial charge on any atom is 0.311 e. The molecule has 108 valence electrons. The largest absolute Gasteiger partial charge is 0.378 e. The first kappa shape index (κ1) is 14.0. The van der Waals surface area contributed by atoms with E-state index < -0.39 is 10.5 Å². The van der Waals surface area contributed by atoms with Crippen LogP contribution in [0.5, 0.6) is 0 Å². The van der Waals surface area contributed by atoms with Gasteiger partial charge in [0.25, 0.3) is 0 Å². The van der Waals surface area contributed by atoms with Crippen molar-refractivity contribution in [3.63, 3.8) is 0 Å². The van der Waals surface area contributed by atoms with Crippen molar-refractivity contribution in [1.29, 1.82) is 0 Å². The number of rotatable bonds is 2. The molecule has 0 aliphatic carbocycles. The van der Waals surface area contributed by atoms with Gasteiger partial charge in [-0.25, -0.2) is 4.98 Å². The molecule has 1 amide bonds. The van der Waals surface area contributed by atoms with Crippen LogP contribution in [0.4, 0.5) is 17.3 Å². The average Bonchev–Trinajstić information content (AvgIpc) is 2.35. The molecule has 0 unspecified atom stereocenters. The zero-order valence-corrected chi connectivity index (χ0v) is 11.7. The monoisotopic (exact) mass is 279 g/mol. The molecule has 0 saturated carbocycles. The lowest BCUT2D eigenvalue weighted by Crippen LogP contribution is -2.62. The van der Waals surface area contributed by atoms with Gasteiger partial charge in [0.15, 0.2) is 0 Å². The lowest BCUT2D eigenvalue weighted by atomic mass is 9.98. The number of hydrogen-bond acceptors (Lipinski definition) is 6. The molecular formula is C12H17N5O3. The van der Waals surface area contributed by atoms with Gasteiger partial charge in [-0.15, -0.1) is 0 Å². The minimum atomic E-state index is -0.761. The van der Waals surface area contributed by atoms with Gasteiger partial charge in [0.2, 0.25) is 11.7 Å². The molecule has 1 saturated heterocycles. The minimum absolute atomic E-state index is 0.0255. The SMILES string of the molecule is CN1CCN(c2ccc([N+](=O)[O-])c(N)n2)C(C)(C)C1=O. The van der Waals surface area contributed by atoms with Crippen molar-refractivity contribution in [1.82, 2.24) is 9.88 Å². The molecule has 0 radical (unpaired) electrons. The summed E-state index contributed by atoms with van der Waals surface area (Å²) >= 11 is 0. The summed E-state index contributed by atoms with van der Waals surface area (Å²) in [6.07, 6.45) is 0. The van der Waals surface area contributed by atoms with E-state index in [1.54, 1.807) is 25.8 Å². The van der Waals surface area contributed by atoms with Gasteiger partial charge in [-0.05, 0) is 19.9 Å². The molecular weight excluding hydrogens is 262 g/mol. The Morgan fingerprint density at radius 1 is 1.40 bits per heavy atom. The van der Waals surface area contributed by atoms with Crippen LogP contribution in [0.1, 0.15) is 13.8 Å². The van der Waals surface area contributed by atoms with Crippen molar-refractivity contribution in [2.75, 3.05) is 30.8 Å². The number of piperazine rings is 1. The van der Waals surface area contributed by atoms with Crippen LogP contribution < -0.4 is 10.6 Å². The molecule has 1 aromatic heterocycles. The number of anilines is 2. The fourth-order valence-corrected chi connectivity index (χ4v) is 2.38. The average molecular weight is 279 g/mol. The molecule has 20 heavy (non-hydrogen) atoms. The molecule has 1 aliphatic heterocycles. The lowest BCUT2D eigenvalue weighted by molar-refractivity contribution is -0.384. The Morgan fingerprint density at radius 2 is 2.05 bits per heavy atom. The topological polar surface area (TPSA) is 106 Å². The maximum atomic E-state index is 12.2. The van der Waals surface area contributed by atoms with Gasteiger partial charge in [0, 0.05) is 26.2 Å². The van der Waals surface area contributed by atoms with Crippen LogP contribution in [0.3, 0.4) is 0 Å². The number of carbonyl (C=O) groups excluding carboxylic acids is 1. The van der Waals surface area contributed by atoms with Crippen LogP contribution in [0.15, 0.2) is 12.1 Å². The summed E-state index contributed by atoms with van der Waals surface area (Å²) in [4.78, 5) is 29.9. The van der Waals surface area contributed by atoms with Gasteiger partial charge < -0.3 is 15.5 Å². The van der Waals surface area contributed by atoms with Crippen molar-refractivity contribution in [2.24, 2.45) is 0 Å². The van der Waals surface area contributed by atoms with Gasteiger partial charge >= 0.3 is 5.69 Å². The van der Waals surface area contributed by atoms with Crippen molar-refractivity contribution < 1.29 is 9.72 Å². The standard InChI is InChI=1S/C12H17N5O3/c1-12(2)11(18)15(3)6-7-16(12)9-5-4-8(17(19)20)10(13)14-9/h4-5H,6-7H2,1-3H3,(H2,13,14). The van der Waals surface area contributed by atoms with E-state index in [4.69, 9.17) is 5.73 Å². The number of pyridine rings is 1. The van der Waals surface area contributed by atoms with E-state index in [2.05, 4.69) is 4.98 Å². The van der Waals surface area contributed by atoms with E-state index in [-0.39, 0.29) is 17.4 Å². The highest BCUT2D eigenvalue weighted by atomic mass is 16.6. The number of carbonyl (C=O) groups is 1. The molecule has 2 rings (SSSR count). The Balaban J connectivity index is 2.39. The molecule has 2 N–H and O–H groups in total. The Morgan fingerprint density at radius 3 is 2.60 bits per heavy atom. The van der Waals surface area contributed by atoms with E-state index >= 15 is 0 Å². The summed E-state index contributed by atoms with van der Waals surface area (Å²) in [6, 6.07) is 2.84. The third-order valence-electron chi connectivity index (χ3n) is 3.56. The van der Waals surface area contributed by atoms with E-state index in [9.17, 15) is 14.9 Å². The van der Waals surface area contributed by atoms with Crippen molar-refractivity contribution in [2.45, 2.75) is 19.4 Å². The summed E-state index contributed by atoms with van der Waals surface area (Å²) in [5.74, 6) is 0.303. The Labute approximate surface area is 116 Å². The number of nitrogens with two attached hydrogens (primary N) is 1. The Kier molecular flexibility index (Phi) is 3.24. The van der Waals surface area contributed by atoms with Gasteiger partial charge in [0.05, 0.1) is 4.92 Å². The lowest BCUT2D eigenvalue weighted by Gasteiger charge is -2.45. The molecule has 0 bridgehead atoms. The molecule has 8 heteroatoms. The van der Waals surface area contributed by atoms with Gasteiger partial charge in [0.1, 0.15) is 11.4 Å². The first-order valence-electron chi connectivity index (χ1n) is 6.19. The fraction of sp³-hybridized carbons (Fsp3) is 0.500. The predicted octanol–water partition coefficient (Wildman–Crippen LogP) is 0.629. The summed E-state index contributed by atoms with van der Waals surface area (Å²) in [6.45, 7) is 4.76. The van der Waals surface area contributed by atoms with Crippen LogP contribution >= 0.6 is 0 Å². The summed E-state index contributed by atoms with van der Waals surface area (Å²) in [5, 5.41) is 10.7. The normalized spacial score (nSPS) is 18.2. The van der Waals surface area contributed by atoms with E-state index in [1.165, 1.54) is 12.1 Å². The van der Waals surface area contributed by atoms with Gasteiger partial charge in [-0.3, -0.25) is 14.9 Å². The number of likely N-dealkylation sites (N-methyl/N-ethyl adjacent to an activating group) is 1. The van der Waals surface area contributed by atoms with E-state index in [0.717, 1.165) is 0 Å². The summed E-state index contributed by atoms with van der Waals surface area (Å²) in [7, 11) is 1.75. The van der Waals surface area contributed by atoms with Crippen LogP contribution in [0, 0.1) is 10.1 Å². The molecule has 2 heterocycles. The van der Waals surface area contributed by atoms with Crippen LogP contribution in [-0.4, -0.2) is 46.4 Å². The third-order valence-corrected chi connectivity index (χ3v) is 3.56. The zero-order valence-electron chi connectivity index (χ0n) is 11.7. The summed E-state index contributed by atoms with van der Waals surface area (Å²) in [5.41, 5.74) is 4.61. The Hall–Kier alpha value is -2.38. The second-order valence-corrected chi connectivity index (χ2v) is 5.27. The third kappa shape index (κ3) is 2.13. The number of aromatic nitrogens is 1. The second kappa shape index (κ2) is 4.62. The van der Waals surface area contributed by atoms with Crippen LogP contribution in [0.25, 0.3) is 0 Å². The van der Waals surface area contributed by atoms with E-state index in [0.29, 0.717) is 18.9 Å². The molecule has 0 atom stereocenters. The molecule has 0 spiro atoms. The molecule has 1 aliphatic rings. The van der Waals surface area contributed by atoms with Crippen LogP contribution in [0.2, 0.25) is 0 Å². The highest BCUT2D eigenvalue weighted by Gasteiger charge is 2.41. The number of nitrogen functional groups attached to an aromatic ring is 1. The van der Waals surface area contributed by atoms with Gasteiger partial charge in [-0.2, -0.15) is 0 Å². The van der Waals surface area contributed by atoms with Crippen molar-refractivity contribution in [3.8, 4) is 0 Å². The smallest absolute Gasteiger partial charge is 0.311 e. The second-order valence-electron chi connectivity index (χ2n) is 5.27. The number of nitrogens with zero attached hydrogens (tertiary/aromatic N) is 4. The quantitative estimate of drug-likeness (QED) is 0.628. The maximum absolute atomic E-state index is 12.2. The molecule has 8 nitrogen and oxygen atoms in total. The van der Waals surface area contributed by atoms with Gasteiger partial charge in [-0.1, -0.05) is 0 Å². The zero-order chi connectivity index (χ0) is 15.1. The number of nitro groups is 1. The number of amides is 1. The van der Waals surface area contributed by atoms with Crippen molar-refractivity contribution >= 4 is 23.2 Å². The molecule has 1 aromatic rings. The fourth-order valence-electron chi connectivity index (χ4n) is 2.38. The van der Waals surface area contributed by atoms with E-state index in [1.807, 2.05) is 4.90 Å². The minimum Gasteiger partial charge on any atom is -0.378 e. The highest BCUT2D eigenvalue weighted by Crippen LogP contribution is 2.30. The highest BCUT2D eigenvalue weighted by molar-refractivity contribution is 5.90. The first-order valence-corrected chi connectivity index (χ1v) is 6.19. The summed E-state index contributed by atoms with van der Waals surface area (Å²) < 4.78 is 0. The molecule has 1 fully saturated rings. The first-order chi connectivity index (χ1) is 9.25. The van der Waals surface area contributed by atoms with Crippen molar-refractivity contribution in [3.05, 3.63) is 22.2 Å². The Bertz CT molecular complexity index is 572. The molecule has 0 aromatic carbocycles.